The molecule has 0 unspecified atom stereocenters. The average molecular weight is 274 g/mol. The molecule has 2 heterocycles. The van der Waals surface area contributed by atoms with Crippen LogP contribution in [-0.2, 0) is 6.54 Å². The van der Waals surface area contributed by atoms with Gasteiger partial charge in [-0.3, -0.25) is 9.89 Å². The molecule has 3 rings (SSSR count). The number of carbonyl (C=O) groups is 1. The Balaban J connectivity index is 1.74. The van der Waals surface area contributed by atoms with Crippen molar-refractivity contribution in [1.29, 1.82) is 0 Å². The van der Waals surface area contributed by atoms with Gasteiger partial charge in [-0.15, -0.1) is 0 Å². The Morgan fingerprint density at radius 2 is 2.25 bits per heavy atom. The molecule has 1 aliphatic rings. The lowest BCUT2D eigenvalue weighted by atomic mass is 10.2. The predicted molar refractivity (Wildman–Crippen MR) is 71.4 cm³/mol. The number of rotatable bonds is 3. The third-order valence-electron chi connectivity index (χ3n) is 3.09. The van der Waals surface area contributed by atoms with Gasteiger partial charge in [0.15, 0.2) is 11.5 Å². The summed E-state index contributed by atoms with van der Waals surface area (Å²) >= 11 is 0. The zero-order valence-corrected chi connectivity index (χ0v) is 10.9. The van der Waals surface area contributed by atoms with Crippen molar-refractivity contribution in [3.63, 3.8) is 0 Å². The molecule has 7 nitrogen and oxygen atoms in total. The van der Waals surface area contributed by atoms with Crippen molar-refractivity contribution in [2.24, 2.45) is 0 Å². The van der Waals surface area contributed by atoms with Crippen LogP contribution < -0.4 is 15.2 Å². The Morgan fingerprint density at radius 1 is 1.45 bits per heavy atom. The lowest BCUT2D eigenvalue weighted by Crippen LogP contribution is -2.27. The molecule has 20 heavy (non-hydrogen) atoms. The second-order valence-electron chi connectivity index (χ2n) is 4.55. The van der Waals surface area contributed by atoms with Gasteiger partial charge in [-0.25, -0.2) is 0 Å². The largest absolute Gasteiger partial charge is 0.454 e. The molecule has 1 amide bonds. The Labute approximate surface area is 115 Å². The van der Waals surface area contributed by atoms with E-state index in [1.807, 2.05) is 18.2 Å². The summed E-state index contributed by atoms with van der Waals surface area (Å²) in [4.78, 5) is 13.7. The molecule has 0 saturated heterocycles. The van der Waals surface area contributed by atoms with E-state index in [-0.39, 0.29) is 12.7 Å². The quantitative estimate of drug-likeness (QED) is 0.870. The molecule has 0 atom stereocenters. The standard InChI is InChI=1S/C13H14N4O3/c1-17(13(18)12-9(14)5-15-16-12)6-8-2-3-10-11(4-8)20-7-19-10/h2-5H,6-7,14H2,1H3,(H,15,16). The van der Waals surface area contributed by atoms with Gasteiger partial charge in [0.25, 0.3) is 5.91 Å². The Kier molecular flexibility index (Phi) is 2.94. The topological polar surface area (TPSA) is 93.5 Å². The number of benzene rings is 1. The fraction of sp³-hybridized carbons (Fsp3) is 0.231. The number of nitrogens with one attached hydrogen (secondary N) is 1. The molecular weight excluding hydrogens is 260 g/mol. The second-order valence-corrected chi connectivity index (χ2v) is 4.55. The fourth-order valence-electron chi connectivity index (χ4n) is 2.04. The molecule has 1 aliphatic heterocycles. The summed E-state index contributed by atoms with van der Waals surface area (Å²) in [6, 6.07) is 5.59. The first kappa shape index (κ1) is 12.3. The van der Waals surface area contributed by atoms with E-state index in [4.69, 9.17) is 15.2 Å². The van der Waals surface area contributed by atoms with Gasteiger partial charge in [-0.05, 0) is 17.7 Å². The number of aromatic amines is 1. The van der Waals surface area contributed by atoms with E-state index in [2.05, 4.69) is 10.2 Å². The van der Waals surface area contributed by atoms with Crippen LogP contribution in [0.25, 0.3) is 0 Å². The number of nitrogens with zero attached hydrogens (tertiary/aromatic N) is 2. The first-order valence-electron chi connectivity index (χ1n) is 6.08. The number of H-pyrrole nitrogens is 1. The third kappa shape index (κ3) is 2.13. The SMILES string of the molecule is CN(Cc1ccc2c(c1)OCO2)C(=O)c1[nH]ncc1N. The van der Waals surface area contributed by atoms with Crippen molar-refractivity contribution in [2.45, 2.75) is 6.54 Å². The summed E-state index contributed by atoms with van der Waals surface area (Å²) in [6.07, 6.45) is 1.42. The molecular formula is C13H14N4O3. The minimum Gasteiger partial charge on any atom is -0.454 e. The maximum atomic E-state index is 12.2. The molecule has 1 aromatic heterocycles. The van der Waals surface area contributed by atoms with E-state index in [0.717, 1.165) is 11.3 Å². The highest BCUT2D eigenvalue weighted by Crippen LogP contribution is 2.32. The summed E-state index contributed by atoms with van der Waals surface area (Å²) in [5.74, 6) is 1.21. The first-order chi connectivity index (χ1) is 9.65. The van der Waals surface area contributed by atoms with Crippen molar-refractivity contribution >= 4 is 11.6 Å². The van der Waals surface area contributed by atoms with E-state index in [0.29, 0.717) is 23.7 Å². The molecule has 3 N–H and O–H groups in total. The van der Waals surface area contributed by atoms with Gasteiger partial charge in [0.05, 0.1) is 11.9 Å². The van der Waals surface area contributed by atoms with Crippen LogP contribution in [0.5, 0.6) is 11.5 Å². The minimum atomic E-state index is -0.210. The van der Waals surface area contributed by atoms with Gasteiger partial charge >= 0.3 is 0 Å². The Bertz CT molecular complexity index is 653. The predicted octanol–water partition coefficient (Wildman–Crippen LogP) is 0.993. The van der Waals surface area contributed by atoms with Gasteiger partial charge in [-0.2, -0.15) is 5.10 Å². The van der Waals surface area contributed by atoms with Gasteiger partial charge in [-0.1, -0.05) is 6.07 Å². The van der Waals surface area contributed by atoms with Crippen molar-refractivity contribution in [1.82, 2.24) is 15.1 Å². The van der Waals surface area contributed by atoms with Crippen LogP contribution in [0.4, 0.5) is 5.69 Å². The van der Waals surface area contributed by atoms with Gasteiger partial charge in [0, 0.05) is 13.6 Å². The normalized spacial score (nSPS) is 12.4. The third-order valence-corrected chi connectivity index (χ3v) is 3.09. The Hall–Kier alpha value is -2.70. The van der Waals surface area contributed by atoms with E-state index >= 15 is 0 Å². The van der Waals surface area contributed by atoms with E-state index in [1.165, 1.54) is 6.20 Å². The van der Waals surface area contributed by atoms with Crippen molar-refractivity contribution in [2.75, 3.05) is 19.6 Å². The number of ether oxygens (including phenoxy) is 2. The molecule has 0 saturated carbocycles. The van der Waals surface area contributed by atoms with Crippen molar-refractivity contribution in [3.05, 3.63) is 35.7 Å². The fourth-order valence-corrected chi connectivity index (χ4v) is 2.04. The maximum absolute atomic E-state index is 12.2. The monoisotopic (exact) mass is 274 g/mol. The van der Waals surface area contributed by atoms with E-state index in [1.54, 1.807) is 11.9 Å². The van der Waals surface area contributed by atoms with Gasteiger partial charge in [0.1, 0.15) is 5.69 Å². The minimum absolute atomic E-state index is 0.210. The summed E-state index contributed by atoms with van der Waals surface area (Å²) in [5, 5.41) is 6.35. The summed E-state index contributed by atoms with van der Waals surface area (Å²) in [5.41, 5.74) is 7.26. The van der Waals surface area contributed by atoms with Crippen LogP contribution in [0.1, 0.15) is 16.1 Å². The molecule has 2 aromatic rings. The van der Waals surface area contributed by atoms with Gasteiger partial charge < -0.3 is 20.1 Å². The molecule has 0 radical (unpaired) electrons. The maximum Gasteiger partial charge on any atom is 0.274 e. The Morgan fingerprint density at radius 3 is 3.00 bits per heavy atom. The highest BCUT2D eigenvalue weighted by molar-refractivity contribution is 5.96. The van der Waals surface area contributed by atoms with Crippen LogP contribution in [-0.4, -0.2) is 34.8 Å². The highest BCUT2D eigenvalue weighted by Gasteiger charge is 2.18. The number of nitrogen functional groups attached to an aromatic ring is 1. The number of anilines is 1. The molecule has 0 fully saturated rings. The molecule has 0 aliphatic carbocycles. The number of hydrogen-bond donors (Lipinski definition) is 2. The van der Waals surface area contributed by atoms with Crippen LogP contribution >= 0.6 is 0 Å². The van der Waals surface area contributed by atoms with Crippen LogP contribution in [0.2, 0.25) is 0 Å². The van der Waals surface area contributed by atoms with Crippen molar-refractivity contribution < 1.29 is 14.3 Å². The number of nitrogens with two attached hydrogens (primary N) is 1. The average Bonchev–Trinajstić information content (AvgIpc) is 3.05. The summed E-state index contributed by atoms with van der Waals surface area (Å²) in [7, 11) is 1.70. The number of aromatic nitrogens is 2. The highest BCUT2D eigenvalue weighted by atomic mass is 16.7. The molecule has 1 aromatic carbocycles. The lowest BCUT2D eigenvalue weighted by molar-refractivity contribution is 0.0780. The first-order valence-corrected chi connectivity index (χ1v) is 6.08. The summed E-state index contributed by atoms with van der Waals surface area (Å²) < 4.78 is 10.6. The number of fused-ring (bicyclic) bond motifs is 1. The molecule has 0 spiro atoms. The lowest BCUT2D eigenvalue weighted by Gasteiger charge is -2.16. The zero-order chi connectivity index (χ0) is 14.1. The van der Waals surface area contributed by atoms with Crippen molar-refractivity contribution in [3.8, 4) is 11.5 Å². The summed E-state index contributed by atoms with van der Waals surface area (Å²) in [6.45, 7) is 0.673. The zero-order valence-electron chi connectivity index (χ0n) is 10.9. The number of amides is 1. The van der Waals surface area contributed by atoms with Crippen LogP contribution in [0.15, 0.2) is 24.4 Å². The number of hydrogen-bond acceptors (Lipinski definition) is 5. The van der Waals surface area contributed by atoms with Crippen LogP contribution in [0, 0.1) is 0 Å². The number of carbonyl (C=O) groups excluding carboxylic acids is 1. The van der Waals surface area contributed by atoms with Gasteiger partial charge in [0.2, 0.25) is 6.79 Å². The molecule has 0 bridgehead atoms. The molecule has 7 heteroatoms. The second kappa shape index (κ2) is 4.76. The smallest absolute Gasteiger partial charge is 0.274 e. The van der Waals surface area contributed by atoms with Crippen LogP contribution in [0.3, 0.4) is 0 Å². The van der Waals surface area contributed by atoms with E-state index in [9.17, 15) is 4.79 Å². The van der Waals surface area contributed by atoms with E-state index < -0.39 is 0 Å². The molecule has 104 valence electrons.